The van der Waals surface area contributed by atoms with E-state index >= 15 is 0 Å². The molecule has 0 aromatic heterocycles. The molecule has 1 rings (SSSR count). The molecule has 1 aromatic rings. The van der Waals surface area contributed by atoms with E-state index in [1.165, 1.54) is 5.56 Å². The molecule has 0 spiro atoms. The maximum absolute atomic E-state index is 10.4. The molecule has 0 saturated heterocycles. The van der Waals surface area contributed by atoms with Crippen LogP contribution in [0.15, 0.2) is 30.3 Å². The molecule has 0 radical (unpaired) electrons. The van der Waals surface area contributed by atoms with E-state index in [1.54, 1.807) is 0 Å². The van der Waals surface area contributed by atoms with E-state index in [2.05, 4.69) is 36.3 Å². The minimum Gasteiger partial charge on any atom is -0.361 e. The number of amides is 2. The van der Waals surface area contributed by atoms with Crippen LogP contribution >= 0.6 is 25.3 Å². The van der Waals surface area contributed by atoms with Crippen molar-refractivity contribution in [2.75, 3.05) is 6.54 Å². The summed E-state index contributed by atoms with van der Waals surface area (Å²) in [6, 6.07) is 10.0. The predicted octanol–water partition coefficient (Wildman–Crippen LogP) is 3.14. The Bertz CT molecular complexity index is 328. The van der Waals surface area contributed by atoms with Gasteiger partial charge in [-0.25, -0.2) is 0 Å². The average molecular weight is 290 g/mol. The third-order valence-corrected chi connectivity index (χ3v) is 1.69. The van der Waals surface area contributed by atoms with Crippen molar-refractivity contribution >= 4 is 35.7 Å². The Morgan fingerprint density at radius 1 is 1.11 bits per heavy atom. The van der Waals surface area contributed by atoms with Gasteiger partial charge in [-0.2, -0.15) is 0 Å². The number of hydrogen-bond acceptors (Lipinski definition) is 2. The molecule has 3 N–H and O–H groups in total. The van der Waals surface area contributed by atoms with Crippen molar-refractivity contribution < 1.29 is 9.59 Å². The zero-order valence-electron chi connectivity index (χ0n) is 8.59. The second-order valence-corrected chi connectivity index (χ2v) is 3.65. The monoisotopic (exact) mass is 290 g/mol. The highest BCUT2D eigenvalue weighted by Gasteiger charge is 1.92. The summed E-state index contributed by atoms with van der Waals surface area (Å²) >= 11 is 6.70. The van der Waals surface area contributed by atoms with Crippen LogP contribution in [0.3, 0.4) is 0 Å². The van der Waals surface area contributed by atoms with Crippen LogP contribution in [-0.4, -0.2) is 17.0 Å². The van der Waals surface area contributed by atoms with E-state index in [0.717, 1.165) is 6.42 Å². The number of nitrogens with two attached hydrogens (primary N) is 1. The van der Waals surface area contributed by atoms with E-state index in [4.69, 9.17) is 4.79 Å². The van der Waals surface area contributed by atoms with Gasteiger partial charge in [0.25, 0.3) is 10.5 Å². The molecule has 0 aliphatic rings. The van der Waals surface area contributed by atoms with Crippen molar-refractivity contribution in [2.24, 2.45) is 5.73 Å². The molecule has 0 bridgehead atoms. The Balaban J connectivity index is -0.000000332. The molecule has 0 saturated carbocycles. The first-order valence-electron chi connectivity index (χ1n) is 4.51. The lowest BCUT2D eigenvalue weighted by molar-refractivity contribution is 0.261. The Labute approximate surface area is 120 Å². The van der Waals surface area contributed by atoms with Gasteiger partial charge in [0.15, 0.2) is 0 Å². The highest BCUT2D eigenvalue weighted by Crippen LogP contribution is 1.98. The molecule has 0 atom stereocenters. The summed E-state index contributed by atoms with van der Waals surface area (Å²) in [7, 11) is 0. The predicted molar refractivity (Wildman–Crippen MR) is 84.6 cm³/mol. The van der Waals surface area contributed by atoms with Crippen molar-refractivity contribution in [1.82, 2.24) is 5.32 Å². The molecule has 18 heavy (non-hydrogen) atoms. The molecule has 0 heterocycles. The summed E-state index contributed by atoms with van der Waals surface area (Å²) in [6.07, 6.45) is 0.854. The fraction of sp³-hybridized carbons (Fsp3) is 0.333. The third kappa shape index (κ3) is 17.3. The van der Waals surface area contributed by atoms with Crippen LogP contribution in [0.5, 0.6) is 0 Å². The third-order valence-electron chi connectivity index (χ3n) is 1.53. The van der Waals surface area contributed by atoms with Gasteiger partial charge in [0, 0.05) is 6.54 Å². The fourth-order valence-electron chi connectivity index (χ4n) is 0.958. The molecule has 6 heteroatoms. The SMILES string of the molecule is C.C.NC(=O)S.O=C(S)NCCc1ccccc1. The first-order chi connectivity index (χ1) is 7.52. The smallest absolute Gasteiger partial charge is 0.275 e. The summed E-state index contributed by atoms with van der Waals surface area (Å²) in [5, 5.41) is 1.71. The Kier molecular flexibility index (Phi) is 17.1. The molecule has 0 aliphatic carbocycles. The van der Waals surface area contributed by atoms with Crippen LogP contribution in [0.25, 0.3) is 0 Å². The van der Waals surface area contributed by atoms with Crippen LogP contribution in [0.2, 0.25) is 0 Å². The zero-order chi connectivity index (χ0) is 12.4. The lowest BCUT2D eigenvalue weighted by Gasteiger charge is -2.00. The average Bonchev–Trinajstić information content (AvgIpc) is 2.18. The van der Waals surface area contributed by atoms with Crippen LogP contribution in [0.1, 0.15) is 20.4 Å². The van der Waals surface area contributed by atoms with E-state index < -0.39 is 5.24 Å². The normalized spacial score (nSPS) is 7.67. The largest absolute Gasteiger partial charge is 0.361 e. The molecule has 4 nitrogen and oxygen atoms in total. The van der Waals surface area contributed by atoms with Gasteiger partial charge in [0.1, 0.15) is 0 Å². The molecule has 2 amide bonds. The van der Waals surface area contributed by atoms with E-state index in [1.807, 2.05) is 30.3 Å². The van der Waals surface area contributed by atoms with Gasteiger partial charge < -0.3 is 11.1 Å². The van der Waals surface area contributed by atoms with Gasteiger partial charge in [-0.15, -0.1) is 0 Å². The maximum Gasteiger partial charge on any atom is 0.275 e. The van der Waals surface area contributed by atoms with Crippen molar-refractivity contribution in [3.8, 4) is 0 Å². The summed E-state index contributed by atoms with van der Waals surface area (Å²) in [4.78, 5) is 19.5. The minimum atomic E-state index is -0.639. The van der Waals surface area contributed by atoms with Gasteiger partial charge >= 0.3 is 0 Å². The molecule has 104 valence electrons. The highest BCUT2D eigenvalue weighted by molar-refractivity contribution is 7.96. The van der Waals surface area contributed by atoms with E-state index in [0.29, 0.717) is 6.54 Å². The highest BCUT2D eigenvalue weighted by atomic mass is 32.1. The first kappa shape index (κ1) is 22.1. The molecule has 0 aliphatic heterocycles. The zero-order valence-corrected chi connectivity index (χ0v) is 10.4. The number of carbonyl (C=O) groups is 2. The fourth-order valence-corrected chi connectivity index (χ4v) is 1.07. The standard InChI is InChI=1S/C9H11NOS.CH3NOS.2CH4/c11-9(12)10-7-6-8-4-2-1-3-5-8;2-1(3)4;;/h1-5H,6-7H2,(H2,10,11,12);(H3,2,3,4);2*1H4. The number of primary amides is 1. The summed E-state index contributed by atoms with van der Waals surface area (Å²) in [5.74, 6) is 0. The number of benzene rings is 1. The van der Waals surface area contributed by atoms with Crippen molar-refractivity contribution in [3.63, 3.8) is 0 Å². The molecule has 0 unspecified atom stereocenters. The Morgan fingerprint density at radius 3 is 1.94 bits per heavy atom. The maximum atomic E-state index is 10.4. The number of rotatable bonds is 3. The van der Waals surface area contributed by atoms with Crippen molar-refractivity contribution in [2.45, 2.75) is 21.3 Å². The first-order valence-corrected chi connectivity index (χ1v) is 5.41. The second-order valence-electron chi connectivity index (χ2n) is 2.81. The van der Waals surface area contributed by atoms with Crippen molar-refractivity contribution in [3.05, 3.63) is 35.9 Å². The van der Waals surface area contributed by atoms with Crippen LogP contribution in [-0.2, 0) is 6.42 Å². The summed E-state index contributed by atoms with van der Waals surface area (Å²) in [5.41, 5.74) is 5.56. The topological polar surface area (TPSA) is 72.2 Å². The Hall–Kier alpha value is -1.14. The molecular weight excluding hydrogens is 268 g/mol. The quantitative estimate of drug-likeness (QED) is 0.646. The molecular formula is C12H22N2O2S2. The van der Waals surface area contributed by atoms with Gasteiger partial charge in [0.2, 0.25) is 0 Å². The number of thiol groups is 2. The van der Waals surface area contributed by atoms with Crippen molar-refractivity contribution in [1.29, 1.82) is 0 Å². The minimum absolute atomic E-state index is 0. The molecule has 0 fully saturated rings. The van der Waals surface area contributed by atoms with Crippen LogP contribution in [0, 0.1) is 0 Å². The Morgan fingerprint density at radius 2 is 1.56 bits per heavy atom. The molecule has 1 aromatic carbocycles. The summed E-state index contributed by atoms with van der Waals surface area (Å²) in [6.45, 7) is 0.645. The van der Waals surface area contributed by atoms with Gasteiger partial charge in [-0.1, -0.05) is 70.4 Å². The summed E-state index contributed by atoms with van der Waals surface area (Å²) < 4.78 is 0. The lowest BCUT2D eigenvalue weighted by Crippen LogP contribution is -2.19. The van der Waals surface area contributed by atoms with Gasteiger partial charge in [0.05, 0.1) is 0 Å². The number of carbonyl (C=O) groups excluding carboxylic acids is 2. The van der Waals surface area contributed by atoms with Gasteiger partial charge in [-0.3, -0.25) is 9.59 Å². The van der Waals surface area contributed by atoms with E-state index in [9.17, 15) is 4.79 Å². The second kappa shape index (κ2) is 13.9. The number of nitrogens with one attached hydrogen (secondary N) is 1. The van der Waals surface area contributed by atoms with Crippen LogP contribution < -0.4 is 11.1 Å². The van der Waals surface area contributed by atoms with Crippen LogP contribution in [0.4, 0.5) is 9.59 Å². The van der Waals surface area contributed by atoms with E-state index in [-0.39, 0.29) is 20.1 Å². The van der Waals surface area contributed by atoms with Gasteiger partial charge in [-0.05, 0) is 12.0 Å². The lowest BCUT2D eigenvalue weighted by atomic mass is 10.2. The number of hydrogen-bond donors (Lipinski definition) is 4.